The number of alkyl carbamates (subject to hydrolysis) is 1. The van der Waals surface area contributed by atoms with E-state index in [2.05, 4.69) is 15.2 Å². The lowest BCUT2D eigenvalue weighted by molar-refractivity contribution is 0.0491. The first-order valence-electron chi connectivity index (χ1n) is 8.05. The van der Waals surface area contributed by atoms with Crippen molar-refractivity contribution in [3.05, 3.63) is 30.1 Å². The Labute approximate surface area is 133 Å². The van der Waals surface area contributed by atoms with Gasteiger partial charge in [-0.05, 0) is 52.3 Å². The molecule has 5 nitrogen and oxygen atoms in total. The Balaban J connectivity index is 1.86. The number of hydrogen-bond donors (Lipinski definition) is 1. The van der Waals surface area contributed by atoms with E-state index in [0.29, 0.717) is 12.6 Å². The van der Waals surface area contributed by atoms with E-state index in [-0.39, 0.29) is 6.09 Å². The van der Waals surface area contributed by atoms with Crippen molar-refractivity contribution in [1.29, 1.82) is 0 Å². The van der Waals surface area contributed by atoms with Gasteiger partial charge in [0.15, 0.2) is 0 Å². The van der Waals surface area contributed by atoms with Crippen LogP contribution < -0.4 is 5.32 Å². The Morgan fingerprint density at radius 1 is 1.41 bits per heavy atom. The van der Waals surface area contributed by atoms with Crippen molar-refractivity contribution in [2.45, 2.75) is 58.2 Å². The maximum Gasteiger partial charge on any atom is 0.407 e. The molecule has 0 radical (unpaired) electrons. The van der Waals surface area contributed by atoms with E-state index in [9.17, 15) is 4.79 Å². The summed E-state index contributed by atoms with van der Waals surface area (Å²) >= 11 is 0. The second kappa shape index (κ2) is 7.58. The Morgan fingerprint density at radius 3 is 2.91 bits per heavy atom. The third-order valence-electron chi connectivity index (χ3n) is 3.72. The summed E-state index contributed by atoms with van der Waals surface area (Å²) in [6, 6.07) is 6.34. The Morgan fingerprint density at radius 2 is 2.23 bits per heavy atom. The molecule has 0 aliphatic carbocycles. The zero-order valence-electron chi connectivity index (χ0n) is 13.8. The molecule has 1 saturated heterocycles. The number of carbonyl (C=O) groups is 1. The molecule has 0 unspecified atom stereocenters. The summed E-state index contributed by atoms with van der Waals surface area (Å²) in [5.74, 6) is 0. The molecule has 0 spiro atoms. The SMILES string of the molecule is CC(C)(C)OC(=O)NC[C@H]1CCCCN1Cc1ccccn1. The summed E-state index contributed by atoms with van der Waals surface area (Å²) in [6.45, 7) is 8.14. The van der Waals surface area contributed by atoms with Crippen molar-refractivity contribution in [3.63, 3.8) is 0 Å². The van der Waals surface area contributed by atoms with Gasteiger partial charge in [0.25, 0.3) is 0 Å². The number of carbonyl (C=O) groups excluding carboxylic acids is 1. The fourth-order valence-electron chi connectivity index (χ4n) is 2.71. The summed E-state index contributed by atoms with van der Waals surface area (Å²) < 4.78 is 5.30. The van der Waals surface area contributed by atoms with E-state index >= 15 is 0 Å². The molecule has 122 valence electrons. The number of rotatable bonds is 4. The first-order chi connectivity index (χ1) is 10.4. The highest BCUT2D eigenvalue weighted by molar-refractivity contribution is 5.67. The maximum absolute atomic E-state index is 11.8. The van der Waals surface area contributed by atoms with E-state index in [1.165, 1.54) is 12.8 Å². The normalized spacial score (nSPS) is 19.7. The second-order valence-corrected chi connectivity index (χ2v) is 6.82. The molecule has 1 aromatic rings. The van der Waals surface area contributed by atoms with Gasteiger partial charge in [-0.25, -0.2) is 4.79 Å². The van der Waals surface area contributed by atoms with Crippen molar-refractivity contribution in [2.75, 3.05) is 13.1 Å². The molecule has 2 rings (SSSR count). The molecule has 0 saturated carbocycles. The number of likely N-dealkylation sites (tertiary alicyclic amines) is 1. The Kier molecular flexibility index (Phi) is 5.77. The average Bonchev–Trinajstić information content (AvgIpc) is 2.46. The van der Waals surface area contributed by atoms with Crippen molar-refractivity contribution < 1.29 is 9.53 Å². The van der Waals surface area contributed by atoms with Gasteiger partial charge in [0, 0.05) is 25.3 Å². The Hall–Kier alpha value is -1.62. The first-order valence-corrected chi connectivity index (χ1v) is 8.05. The minimum atomic E-state index is -0.454. The van der Waals surface area contributed by atoms with Gasteiger partial charge in [0.1, 0.15) is 5.60 Å². The summed E-state index contributed by atoms with van der Waals surface area (Å²) in [5, 5.41) is 2.90. The highest BCUT2D eigenvalue weighted by Crippen LogP contribution is 2.18. The molecule has 1 aliphatic heterocycles. The summed E-state index contributed by atoms with van der Waals surface area (Å²) in [5.41, 5.74) is 0.622. The third kappa shape index (κ3) is 5.64. The van der Waals surface area contributed by atoms with E-state index in [1.54, 1.807) is 0 Å². The van der Waals surface area contributed by atoms with Gasteiger partial charge in [-0.2, -0.15) is 0 Å². The van der Waals surface area contributed by atoms with Crippen LogP contribution in [-0.2, 0) is 11.3 Å². The Bertz CT molecular complexity index is 471. The molecule has 1 amide bonds. The summed E-state index contributed by atoms with van der Waals surface area (Å²) in [4.78, 5) is 18.6. The topological polar surface area (TPSA) is 54.5 Å². The molecule has 1 N–H and O–H groups in total. The van der Waals surface area contributed by atoms with Gasteiger partial charge in [-0.3, -0.25) is 9.88 Å². The zero-order valence-corrected chi connectivity index (χ0v) is 13.8. The van der Waals surface area contributed by atoms with Crippen molar-refractivity contribution in [2.24, 2.45) is 0 Å². The van der Waals surface area contributed by atoms with Crippen LogP contribution in [-0.4, -0.2) is 40.7 Å². The van der Waals surface area contributed by atoms with E-state index in [1.807, 2.05) is 45.2 Å². The van der Waals surface area contributed by atoms with Gasteiger partial charge in [0.05, 0.1) is 5.69 Å². The van der Waals surface area contributed by atoms with Crippen LogP contribution in [0.4, 0.5) is 4.79 Å². The summed E-state index contributed by atoms with van der Waals surface area (Å²) in [7, 11) is 0. The van der Waals surface area contributed by atoms with Gasteiger partial charge >= 0.3 is 6.09 Å². The zero-order chi connectivity index (χ0) is 16.0. The van der Waals surface area contributed by atoms with Crippen LogP contribution in [0.5, 0.6) is 0 Å². The number of aromatic nitrogens is 1. The second-order valence-electron chi connectivity index (χ2n) is 6.82. The third-order valence-corrected chi connectivity index (χ3v) is 3.72. The highest BCUT2D eigenvalue weighted by atomic mass is 16.6. The maximum atomic E-state index is 11.8. The molecule has 1 aliphatic rings. The number of pyridine rings is 1. The van der Waals surface area contributed by atoms with Gasteiger partial charge < -0.3 is 10.1 Å². The van der Waals surface area contributed by atoms with Crippen LogP contribution in [0.2, 0.25) is 0 Å². The fraction of sp³-hybridized carbons (Fsp3) is 0.647. The summed E-state index contributed by atoms with van der Waals surface area (Å²) in [6.07, 6.45) is 5.00. The molecule has 1 atom stereocenters. The van der Waals surface area contributed by atoms with Crippen molar-refractivity contribution in [1.82, 2.24) is 15.2 Å². The molecule has 0 bridgehead atoms. The standard InChI is InChI=1S/C17H27N3O2/c1-17(2,3)22-16(21)19-12-15-9-5-7-11-20(15)13-14-8-4-6-10-18-14/h4,6,8,10,15H,5,7,9,11-13H2,1-3H3,(H,19,21)/t15-/m1/s1. The number of hydrogen-bond acceptors (Lipinski definition) is 4. The molecule has 2 heterocycles. The largest absolute Gasteiger partial charge is 0.444 e. The quantitative estimate of drug-likeness (QED) is 0.929. The van der Waals surface area contributed by atoms with Gasteiger partial charge in [-0.1, -0.05) is 12.5 Å². The average molecular weight is 305 g/mol. The van der Waals surface area contributed by atoms with Crippen LogP contribution in [0.15, 0.2) is 24.4 Å². The molecule has 22 heavy (non-hydrogen) atoms. The van der Waals surface area contributed by atoms with Gasteiger partial charge in [-0.15, -0.1) is 0 Å². The molecule has 1 aromatic heterocycles. The lowest BCUT2D eigenvalue weighted by Gasteiger charge is -2.35. The highest BCUT2D eigenvalue weighted by Gasteiger charge is 2.24. The number of nitrogens with one attached hydrogen (secondary N) is 1. The van der Waals surface area contributed by atoms with Crippen LogP contribution in [0.3, 0.4) is 0 Å². The molecular weight excluding hydrogens is 278 g/mol. The lowest BCUT2D eigenvalue weighted by atomic mass is 10.0. The van der Waals surface area contributed by atoms with E-state index in [0.717, 1.165) is 25.2 Å². The van der Waals surface area contributed by atoms with Crippen molar-refractivity contribution in [3.8, 4) is 0 Å². The number of ether oxygens (including phenoxy) is 1. The van der Waals surface area contributed by atoms with Crippen LogP contribution >= 0.6 is 0 Å². The van der Waals surface area contributed by atoms with Crippen LogP contribution in [0, 0.1) is 0 Å². The smallest absolute Gasteiger partial charge is 0.407 e. The molecule has 0 aromatic carbocycles. The van der Waals surface area contributed by atoms with E-state index in [4.69, 9.17) is 4.74 Å². The van der Waals surface area contributed by atoms with Gasteiger partial charge in [0.2, 0.25) is 0 Å². The monoisotopic (exact) mass is 305 g/mol. The molecule has 1 fully saturated rings. The number of nitrogens with zero attached hydrogens (tertiary/aromatic N) is 2. The molecular formula is C17H27N3O2. The minimum Gasteiger partial charge on any atom is -0.444 e. The number of piperidine rings is 1. The predicted molar refractivity (Wildman–Crippen MR) is 86.5 cm³/mol. The van der Waals surface area contributed by atoms with E-state index < -0.39 is 5.60 Å². The van der Waals surface area contributed by atoms with Crippen LogP contribution in [0.25, 0.3) is 0 Å². The molecule has 5 heteroatoms. The van der Waals surface area contributed by atoms with Crippen molar-refractivity contribution >= 4 is 6.09 Å². The predicted octanol–water partition coefficient (Wildman–Crippen LogP) is 2.96. The lowest BCUT2D eigenvalue weighted by Crippen LogP contribution is -2.47. The minimum absolute atomic E-state index is 0.337. The van der Waals surface area contributed by atoms with Crippen LogP contribution in [0.1, 0.15) is 45.7 Å². The fourth-order valence-corrected chi connectivity index (χ4v) is 2.71. The number of amides is 1. The first kappa shape index (κ1) is 16.7.